The summed E-state index contributed by atoms with van der Waals surface area (Å²) in [6, 6.07) is 9.80. The molecule has 0 radical (unpaired) electrons. The zero-order valence-electron chi connectivity index (χ0n) is 14.0. The average Bonchev–Trinajstić information content (AvgIpc) is 3.12. The van der Waals surface area contributed by atoms with Crippen molar-refractivity contribution in [3.63, 3.8) is 0 Å². The molecule has 0 aliphatic carbocycles. The molecule has 1 heterocycles. The van der Waals surface area contributed by atoms with E-state index in [1.807, 2.05) is 6.07 Å². The SMILES string of the molecule is CCOc1cc(/C=C(\C#N)C(=O)Nc2ccco2)ccc1OCC(N)=O. The van der Waals surface area contributed by atoms with E-state index in [2.05, 4.69) is 5.32 Å². The monoisotopic (exact) mass is 355 g/mol. The number of nitrogens with one attached hydrogen (secondary N) is 1. The number of nitrogens with two attached hydrogens (primary N) is 1. The van der Waals surface area contributed by atoms with Crippen molar-refractivity contribution in [2.45, 2.75) is 6.92 Å². The van der Waals surface area contributed by atoms with Gasteiger partial charge in [-0.2, -0.15) is 5.26 Å². The molecule has 0 atom stereocenters. The van der Waals surface area contributed by atoms with Gasteiger partial charge in [0.2, 0.25) is 0 Å². The number of furan rings is 1. The number of carbonyl (C=O) groups is 2. The summed E-state index contributed by atoms with van der Waals surface area (Å²) in [5.74, 6) is -0.277. The van der Waals surface area contributed by atoms with Crippen molar-refractivity contribution in [1.82, 2.24) is 0 Å². The first-order valence-electron chi connectivity index (χ1n) is 7.68. The van der Waals surface area contributed by atoms with Gasteiger partial charge in [-0.1, -0.05) is 6.07 Å². The Morgan fingerprint density at radius 2 is 2.12 bits per heavy atom. The lowest BCUT2D eigenvalue weighted by molar-refractivity contribution is -0.120. The van der Waals surface area contributed by atoms with E-state index >= 15 is 0 Å². The standard InChI is InChI=1S/C18H17N3O5/c1-2-24-15-9-12(5-6-14(15)26-11-16(20)22)8-13(10-19)18(23)21-17-4-3-7-25-17/h3-9H,2,11H2,1H3,(H2,20,22)(H,21,23)/b13-8+. The summed E-state index contributed by atoms with van der Waals surface area (Å²) >= 11 is 0. The summed E-state index contributed by atoms with van der Waals surface area (Å²) in [6.45, 7) is 1.87. The van der Waals surface area contributed by atoms with Crippen LogP contribution in [0.15, 0.2) is 46.6 Å². The Morgan fingerprint density at radius 1 is 1.31 bits per heavy atom. The Balaban J connectivity index is 2.23. The highest BCUT2D eigenvalue weighted by atomic mass is 16.5. The molecule has 2 rings (SSSR count). The van der Waals surface area contributed by atoms with Crippen LogP contribution in [0.25, 0.3) is 6.08 Å². The third-order valence-corrected chi connectivity index (χ3v) is 3.07. The van der Waals surface area contributed by atoms with E-state index in [4.69, 9.17) is 19.6 Å². The predicted octanol–water partition coefficient (Wildman–Crippen LogP) is 2.09. The van der Waals surface area contributed by atoms with Crippen LogP contribution >= 0.6 is 0 Å². The number of rotatable bonds is 8. The predicted molar refractivity (Wildman–Crippen MR) is 93.2 cm³/mol. The van der Waals surface area contributed by atoms with Crippen molar-refractivity contribution >= 4 is 23.8 Å². The van der Waals surface area contributed by atoms with E-state index in [1.165, 1.54) is 12.3 Å². The summed E-state index contributed by atoms with van der Waals surface area (Å²) in [5, 5.41) is 11.7. The number of anilines is 1. The highest BCUT2D eigenvalue weighted by molar-refractivity contribution is 6.09. The summed E-state index contributed by atoms with van der Waals surface area (Å²) in [6.07, 6.45) is 2.81. The Kier molecular flexibility index (Phi) is 6.40. The van der Waals surface area contributed by atoms with Crippen LogP contribution in [-0.2, 0) is 9.59 Å². The number of ether oxygens (including phenoxy) is 2. The molecule has 0 aliphatic heterocycles. The fourth-order valence-electron chi connectivity index (χ4n) is 2.00. The minimum Gasteiger partial charge on any atom is -0.490 e. The molecular formula is C18H17N3O5. The van der Waals surface area contributed by atoms with Gasteiger partial charge in [-0.3, -0.25) is 14.9 Å². The van der Waals surface area contributed by atoms with Crippen LogP contribution in [0.5, 0.6) is 11.5 Å². The Bertz CT molecular complexity index is 850. The maximum atomic E-state index is 12.1. The quantitative estimate of drug-likeness (QED) is 0.551. The first-order chi connectivity index (χ1) is 12.5. The number of benzene rings is 1. The molecule has 0 aliphatic rings. The molecule has 2 aromatic rings. The lowest BCUT2D eigenvalue weighted by Crippen LogP contribution is -2.20. The van der Waals surface area contributed by atoms with Crippen molar-refractivity contribution in [2.24, 2.45) is 5.73 Å². The summed E-state index contributed by atoms with van der Waals surface area (Å²) in [4.78, 5) is 23.0. The molecule has 1 aromatic heterocycles. The van der Waals surface area contributed by atoms with Crippen molar-refractivity contribution in [3.8, 4) is 17.6 Å². The van der Waals surface area contributed by atoms with Gasteiger partial charge in [0.25, 0.3) is 11.8 Å². The van der Waals surface area contributed by atoms with Crippen molar-refractivity contribution in [1.29, 1.82) is 5.26 Å². The molecule has 0 saturated heterocycles. The third kappa shape index (κ3) is 5.14. The van der Waals surface area contributed by atoms with Gasteiger partial charge in [0.1, 0.15) is 11.6 Å². The zero-order chi connectivity index (χ0) is 18.9. The van der Waals surface area contributed by atoms with E-state index in [1.54, 1.807) is 37.3 Å². The van der Waals surface area contributed by atoms with Gasteiger partial charge >= 0.3 is 0 Å². The minimum absolute atomic E-state index is 0.116. The molecule has 8 heteroatoms. The molecule has 0 spiro atoms. The van der Waals surface area contributed by atoms with E-state index in [0.717, 1.165) is 0 Å². The molecule has 8 nitrogen and oxygen atoms in total. The number of primary amides is 1. The van der Waals surface area contributed by atoms with Crippen molar-refractivity contribution in [2.75, 3.05) is 18.5 Å². The molecule has 2 amide bonds. The fourth-order valence-corrected chi connectivity index (χ4v) is 2.00. The maximum absolute atomic E-state index is 12.1. The minimum atomic E-state index is -0.613. The lowest BCUT2D eigenvalue weighted by atomic mass is 10.1. The van der Waals surface area contributed by atoms with E-state index < -0.39 is 11.8 Å². The molecule has 0 fully saturated rings. The van der Waals surface area contributed by atoms with E-state index in [9.17, 15) is 14.9 Å². The molecule has 1 aromatic carbocycles. The molecule has 26 heavy (non-hydrogen) atoms. The van der Waals surface area contributed by atoms with Gasteiger partial charge in [0.15, 0.2) is 24.0 Å². The average molecular weight is 355 g/mol. The fraction of sp³-hybridized carbons (Fsp3) is 0.167. The highest BCUT2D eigenvalue weighted by Gasteiger charge is 2.12. The molecular weight excluding hydrogens is 338 g/mol. The number of amides is 2. The Hall–Kier alpha value is -3.73. The van der Waals surface area contributed by atoms with Crippen LogP contribution in [0, 0.1) is 11.3 Å². The second-order valence-electron chi connectivity index (χ2n) is 5.00. The van der Waals surface area contributed by atoms with Crippen molar-refractivity contribution < 1.29 is 23.5 Å². The molecule has 0 unspecified atom stereocenters. The number of hydrogen-bond acceptors (Lipinski definition) is 6. The van der Waals surface area contributed by atoms with Gasteiger partial charge in [-0.05, 0) is 36.8 Å². The van der Waals surface area contributed by atoms with E-state index in [0.29, 0.717) is 23.7 Å². The Labute approximate surface area is 149 Å². The van der Waals surface area contributed by atoms with Crippen LogP contribution in [-0.4, -0.2) is 25.0 Å². The summed E-state index contributed by atoms with van der Waals surface area (Å²) in [7, 11) is 0. The second-order valence-corrected chi connectivity index (χ2v) is 5.00. The van der Waals surface area contributed by atoms with Gasteiger partial charge in [0, 0.05) is 6.07 Å². The van der Waals surface area contributed by atoms with Crippen LogP contribution in [0.2, 0.25) is 0 Å². The molecule has 0 saturated carbocycles. The van der Waals surface area contributed by atoms with Crippen LogP contribution < -0.4 is 20.5 Å². The number of hydrogen-bond donors (Lipinski definition) is 2. The van der Waals surface area contributed by atoms with Crippen LogP contribution in [0.4, 0.5) is 5.88 Å². The van der Waals surface area contributed by atoms with Gasteiger partial charge in [-0.25, -0.2) is 0 Å². The van der Waals surface area contributed by atoms with Crippen LogP contribution in [0.1, 0.15) is 12.5 Å². The first-order valence-corrected chi connectivity index (χ1v) is 7.68. The lowest BCUT2D eigenvalue weighted by Gasteiger charge is -2.11. The molecule has 0 bridgehead atoms. The Morgan fingerprint density at radius 3 is 2.73 bits per heavy atom. The third-order valence-electron chi connectivity index (χ3n) is 3.07. The maximum Gasteiger partial charge on any atom is 0.268 e. The summed E-state index contributed by atoms with van der Waals surface area (Å²) in [5.41, 5.74) is 5.50. The normalized spacial score (nSPS) is 10.7. The smallest absolute Gasteiger partial charge is 0.268 e. The largest absolute Gasteiger partial charge is 0.490 e. The molecule has 3 N–H and O–H groups in total. The first kappa shape index (κ1) is 18.6. The van der Waals surface area contributed by atoms with Gasteiger partial charge < -0.3 is 19.6 Å². The zero-order valence-corrected chi connectivity index (χ0v) is 14.0. The number of nitrogens with zero attached hydrogens (tertiary/aromatic N) is 1. The number of nitriles is 1. The molecule has 134 valence electrons. The van der Waals surface area contributed by atoms with Gasteiger partial charge in [-0.15, -0.1) is 0 Å². The summed E-state index contributed by atoms with van der Waals surface area (Å²) < 4.78 is 15.8. The van der Waals surface area contributed by atoms with Crippen molar-refractivity contribution in [3.05, 3.63) is 47.7 Å². The topological polar surface area (TPSA) is 128 Å². The highest BCUT2D eigenvalue weighted by Crippen LogP contribution is 2.29. The van der Waals surface area contributed by atoms with Gasteiger partial charge in [0.05, 0.1) is 12.9 Å². The van der Waals surface area contributed by atoms with E-state index in [-0.39, 0.29) is 18.1 Å². The second kappa shape index (κ2) is 8.94. The van der Waals surface area contributed by atoms with Crippen LogP contribution in [0.3, 0.4) is 0 Å². The number of carbonyl (C=O) groups excluding carboxylic acids is 2.